The van der Waals surface area contributed by atoms with Gasteiger partial charge >= 0.3 is 5.97 Å². The van der Waals surface area contributed by atoms with Crippen LogP contribution in [-0.4, -0.2) is 31.7 Å². The molecule has 1 saturated heterocycles. The third-order valence-electron chi connectivity index (χ3n) is 4.01. The van der Waals surface area contributed by atoms with E-state index in [1.807, 2.05) is 23.5 Å². The number of benzene rings is 1. The molecule has 0 saturated carbocycles. The van der Waals surface area contributed by atoms with Crippen LogP contribution in [0, 0.1) is 0 Å². The van der Waals surface area contributed by atoms with E-state index < -0.39 is 0 Å². The number of hydrogen-bond acceptors (Lipinski definition) is 6. The average molecular weight is 447 g/mol. The van der Waals surface area contributed by atoms with Crippen LogP contribution in [-0.2, 0) is 13.6 Å². The quantitative estimate of drug-likeness (QED) is 0.554. The van der Waals surface area contributed by atoms with Gasteiger partial charge in [-0.2, -0.15) is 0 Å². The summed E-state index contributed by atoms with van der Waals surface area (Å²) in [5.41, 5.74) is 0. The zero-order valence-corrected chi connectivity index (χ0v) is 17.6. The molecule has 0 atom stereocenters. The summed E-state index contributed by atoms with van der Waals surface area (Å²) in [4.78, 5) is 13.0. The van der Waals surface area contributed by atoms with Crippen molar-refractivity contribution in [3.8, 4) is 5.75 Å². The maximum atomic E-state index is 11.7. The molecule has 0 radical (unpaired) electrons. The van der Waals surface area contributed by atoms with Crippen molar-refractivity contribution >= 4 is 66.8 Å². The summed E-state index contributed by atoms with van der Waals surface area (Å²) in [5, 5.41) is 1.21. The SMILES string of the molecule is COC(=O)CCC1(c2cc3cc(Br)c(OC)cc3s2)SCCCS1. The summed E-state index contributed by atoms with van der Waals surface area (Å²) in [6.45, 7) is 0. The van der Waals surface area contributed by atoms with E-state index >= 15 is 0 Å². The Morgan fingerprint density at radius 1 is 1.25 bits per heavy atom. The van der Waals surface area contributed by atoms with Crippen LogP contribution < -0.4 is 4.74 Å². The minimum atomic E-state index is -0.133. The largest absolute Gasteiger partial charge is 0.496 e. The Morgan fingerprint density at radius 2 is 2.00 bits per heavy atom. The molecule has 2 heterocycles. The van der Waals surface area contributed by atoms with Crippen molar-refractivity contribution in [2.24, 2.45) is 0 Å². The maximum absolute atomic E-state index is 11.7. The lowest BCUT2D eigenvalue weighted by atomic mass is 10.1. The highest BCUT2D eigenvalue weighted by molar-refractivity contribution is 9.10. The first-order valence-corrected chi connectivity index (χ1v) is 11.3. The standard InChI is InChI=1S/C17H19BrO3S3/c1-20-13-10-14-11(8-12(13)18)9-15(24-14)17(5-4-16(19)21-2)22-6-3-7-23-17/h8-10H,3-7H2,1-2H3. The van der Waals surface area contributed by atoms with E-state index in [9.17, 15) is 4.79 Å². The van der Waals surface area contributed by atoms with Gasteiger partial charge < -0.3 is 9.47 Å². The van der Waals surface area contributed by atoms with Crippen molar-refractivity contribution in [3.63, 3.8) is 0 Å². The number of thioether (sulfide) groups is 2. The lowest BCUT2D eigenvalue weighted by Gasteiger charge is -2.35. The van der Waals surface area contributed by atoms with Crippen molar-refractivity contribution in [1.29, 1.82) is 0 Å². The highest BCUT2D eigenvalue weighted by Crippen LogP contribution is 2.56. The Hall–Kier alpha value is -0.370. The van der Waals surface area contributed by atoms with E-state index in [4.69, 9.17) is 9.47 Å². The normalized spacial score (nSPS) is 17.0. The van der Waals surface area contributed by atoms with Crippen LogP contribution in [0.4, 0.5) is 0 Å². The maximum Gasteiger partial charge on any atom is 0.305 e. The molecule has 3 rings (SSSR count). The van der Waals surface area contributed by atoms with Gasteiger partial charge in [-0.1, -0.05) is 0 Å². The molecule has 7 heteroatoms. The van der Waals surface area contributed by atoms with E-state index in [1.165, 1.54) is 28.5 Å². The minimum absolute atomic E-state index is 0.0458. The predicted molar refractivity (Wildman–Crippen MR) is 109 cm³/mol. The van der Waals surface area contributed by atoms with Gasteiger partial charge in [-0.15, -0.1) is 34.9 Å². The van der Waals surface area contributed by atoms with E-state index in [-0.39, 0.29) is 10.0 Å². The van der Waals surface area contributed by atoms with Gasteiger partial charge in [0.2, 0.25) is 0 Å². The summed E-state index contributed by atoms with van der Waals surface area (Å²) in [6.07, 6.45) is 2.48. The molecular weight excluding hydrogens is 428 g/mol. The molecule has 2 aromatic rings. The third kappa shape index (κ3) is 3.74. The number of esters is 1. The Bertz CT molecular complexity index is 738. The first kappa shape index (κ1) is 18.4. The van der Waals surface area contributed by atoms with Crippen LogP contribution in [0.2, 0.25) is 0 Å². The summed E-state index contributed by atoms with van der Waals surface area (Å²) < 4.78 is 12.4. The fourth-order valence-electron chi connectivity index (χ4n) is 2.74. The van der Waals surface area contributed by atoms with E-state index in [2.05, 4.69) is 34.1 Å². The number of halogens is 1. The number of rotatable bonds is 5. The molecule has 0 N–H and O–H groups in total. The molecular formula is C17H19BrO3S3. The van der Waals surface area contributed by atoms with Crippen LogP contribution in [0.3, 0.4) is 0 Å². The first-order chi connectivity index (χ1) is 11.6. The Labute approximate surface area is 163 Å². The summed E-state index contributed by atoms with van der Waals surface area (Å²) in [5.74, 6) is 2.99. The average Bonchev–Trinajstić information content (AvgIpc) is 3.03. The first-order valence-electron chi connectivity index (χ1n) is 7.70. The van der Waals surface area contributed by atoms with Crippen LogP contribution in [0.5, 0.6) is 5.75 Å². The van der Waals surface area contributed by atoms with Crippen LogP contribution in [0.15, 0.2) is 22.7 Å². The molecule has 1 fully saturated rings. The van der Waals surface area contributed by atoms with Crippen molar-refractivity contribution in [2.45, 2.75) is 23.3 Å². The number of ether oxygens (including phenoxy) is 2. The molecule has 24 heavy (non-hydrogen) atoms. The highest BCUT2D eigenvalue weighted by atomic mass is 79.9. The molecule has 3 nitrogen and oxygen atoms in total. The number of carbonyl (C=O) groups excluding carboxylic acids is 1. The lowest BCUT2D eigenvalue weighted by Crippen LogP contribution is -2.23. The predicted octanol–water partition coefficient (Wildman–Crippen LogP) is 5.65. The number of hydrogen-bond donors (Lipinski definition) is 0. The number of methoxy groups -OCH3 is 2. The second-order valence-electron chi connectivity index (χ2n) is 5.51. The van der Waals surface area contributed by atoms with E-state index in [1.54, 1.807) is 18.4 Å². The molecule has 1 aliphatic heterocycles. The van der Waals surface area contributed by atoms with E-state index in [0.717, 1.165) is 28.1 Å². The smallest absolute Gasteiger partial charge is 0.305 e. The topological polar surface area (TPSA) is 35.5 Å². The van der Waals surface area contributed by atoms with E-state index in [0.29, 0.717) is 6.42 Å². The fraction of sp³-hybridized carbons (Fsp3) is 0.471. The second-order valence-corrected chi connectivity index (χ2v) is 10.5. The van der Waals surface area contributed by atoms with Crippen molar-refractivity contribution in [3.05, 3.63) is 27.5 Å². The molecule has 130 valence electrons. The Balaban J connectivity index is 1.97. The molecule has 0 bridgehead atoms. The van der Waals surface area contributed by atoms with Gasteiger partial charge in [-0.3, -0.25) is 4.79 Å². The molecule has 0 unspecified atom stereocenters. The van der Waals surface area contributed by atoms with Gasteiger partial charge in [-0.25, -0.2) is 0 Å². The van der Waals surface area contributed by atoms with Crippen LogP contribution >= 0.6 is 50.8 Å². The summed E-state index contributed by atoms with van der Waals surface area (Å²) in [6, 6.07) is 6.47. The zero-order chi connectivity index (χ0) is 17.2. The van der Waals surface area contributed by atoms with Gasteiger partial charge in [0.05, 0.1) is 22.8 Å². The van der Waals surface area contributed by atoms with Gasteiger partial charge in [0, 0.05) is 16.0 Å². The lowest BCUT2D eigenvalue weighted by molar-refractivity contribution is -0.140. The van der Waals surface area contributed by atoms with Gasteiger partial charge in [-0.05, 0) is 63.9 Å². The highest BCUT2D eigenvalue weighted by Gasteiger charge is 2.37. The molecule has 0 amide bonds. The molecule has 1 aromatic carbocycles. The molecule has 0 spiro atoms. The Kier molecular flexibility index (Phi) is 6.06. The number of thiophene rings is 1. The Morgan fingerprint density at radius 3 is 2.67 bits per heavy atom. The molecule has 1 aromatic heterocycles. The third-order valence-corrected chi connectivity index (χ3v) is 9.62. The summed E-state index contributed by atoms with van der Waals surface area (Å²) >= 11 is 9.31. The number of carbonyl (C=O) groups is 1. The molecule has 0 aliphatic carbocycles. The van der Waals surface area contributed by atoms with Gasteiger partial charge in [0.1, 0.15) is 5.75 Å². The van der Waals surface area contributed by atoms with Crippen LogP contribution in [0.25, 0.3) is 10.1 Å². The molecule has 1 aliphatic rings. The minimum Gasteiger partial charge on any atom is -0.496 e. The fourth-order valence-corrected chi connectivity index (χ4v) is 8.09. The van der Waals surface area contributed by atoms with Gasteiger partial charge in [0.25, 0.3) is 0 Å². The van der Waals surface area contributed by atoms with Crippen molar-refractivity contribution in [1.82, 2.24) is 0 Å². The van der Waals surface area contributed by atoms with Crippen molar-refractivity contribution < 1.29 is 14.3 Å². The zero-order valence-electron chi connectivity index (χ0n) is 13.6. The second kappa shape index (κ2) is 7.89. The van der Waals surface area contributed by atoms with Gasteiger partial charge in [0.15, 0.2) is 0 Å². The monoisotopic (exact) mass is 446 g/mol. The number of fused-ring (bicyclic) bond motifs is 1. The van der Waals surface area contributed by atoms with Crippen molar-refractivity contribution in [2.75, 3.05) is 25.7 Å². The summed E-state index contributed by atoms with van der Waals surface area (Å²) in [7, 11) is 3.14. The van der Waals surface area contributed by atoms with Crippen LogP contribution in [0.1, 0.15) is 24.1 Å².